The first-order valence-electron chi connectivity index (χ1n) is 7.27. The molecule has 1 aliphatic heterocycles. The van der Waals surface area contributed by atoms with Crippen LogP contribution in [0.15, 0.2) is 24.4 Å². The van der Waals surface area contributed by atoms with Gasteiger partial charge >= 0.3 is 0 Å². The summed E-state index contributed by atoms with van der Waals surface area (Å²) in [6.07, 6.45) is 3.95. The Morgan fingerprint density at radius 1 is 1.48 bits per heavy atom. The van der Waals surface area contributed by atoms with Gasteiger partial charge in [-0.15, -0.1) is 0 Å². The monoisotopic (exact) mass is 284 g/mol. The van der Waals surface area contributed by atoms with Crippen LogP contribution in [0, 0.1) is 6.92 Å². The van der Waals surface area contributed by atoms with Crippen molar-refractivity contribution in [1.29, 1.82) is 0 Å². The van der Waals surface area contributed by atoms with Gasteiger partial charge in [-0.2, -0.15) is 5.10 Å². The molecule has 1 aromatic carbocycles. The van der Waals surface area contributed by atoms with Crippen LogP contribution in [0.4, 0.5) is 5.69 Å². The van der Waals surface area contributed by atoms with Crippen molar-refractivity contribution in [2.24, 2.45) is 7.05 Å². The van der Waals surface area contributed by atoms with Crippen LogP contribution in [0.2, 0.25) is 0 Å². The Bertz CT molecular complexity index is 675. The van der Waals surface area contributed by atoms with Crippen molar-refractivity contribution >= 4 is 11.6 Å². The van der Waals surface area contributed by atoms with Gasteiger partial charge in [0.25, 0.3) is 5.91 Å². The molecule has 0 saturated heterocycles. The van der Waals surface area contributed by atoms with Gasteiger partial charge < -0.3 is 10.6 Å². The highest BCUT2D eigenvalue weighted by molar-refractivity contribution is 5.94. The molecule has 1 aromatic heterocycles. The molecular formula is C16H20N4O. The van der Waals surface area contributed by atoms with Crippen molar-refractivity contribution in [2.75, 3.05) is 11.9 Å². The quantitative estimate of drug-likeness (QED) is 0.906. The van der Waals surface area contributed by atoms with Gasteiger partial charge in [-0.3, -0.25) is 9.48 Å². The Hall–Kier alpha value is -2.30. The Labute approximate surface area is 124 Å². The summed E-state index contributed by atoms with van der Waals surface area (Å²) in [4.78, 5) is 12.3. The summed E-state index contributed by atoms with van der Waals surface area (Å²) >= 11 is 0. The Kier molecular flexibility index (Phi) is 3.64. The third-order valence-electron chi connectivity index (χ3n) is 4.08. The summed E-state index contributed by atoms with van der Waals surface area (Å²) < 4.78 is 1.81. The number of nitrogens with zero attached hydrogens (tertiary/aromatic N) is 2. The van der Waals surface area contributed by atoms with Crippen LogP contribution in [0.3, 0.4) is 0 Å². The summed E-state index contributed by atoms with van der Waals surface area (Å²) in [6, 6.07) is 5.87. The number of aryl methyl sites for hydroxylation is 2. The van der Waals surface area contributed by atoms with Crippen molar-refractivity contribution in [1.82, 2.24) is 15.1 Å². The van der Waals surface area contributed by atoms with Gasteiger partial charge in [-0.25, -0.2) is 0 Å². The fourth-order valence-electron chi connectivity index (χ4n) is 2.61. The Morgan fingerprint density at radius 3 is 3.10 bits per heavy atom. The van der Waals surface area contributed by atoms with Crippen molar-refractivity contribution in [3.05, 3.63) is 46.8 Å². The molecular weight excluding hydrogens is 264 g/mol. The molecule has 110 valence electrons. The molecule has 3 rings (SSSR count). The van der Waals surface area contributed by atoms with Crippen LogP contribution in [0.5, 0.6) is 0 Å². The predicted molar refractivity (Wildman–Crippen MR) is 82.4 cm³/mol. The third kappa shape index (κ3) is 2.77. The minimum atomic E-state index is -0.0355. The Morgan fingerprint density at radius 2 is 2.33 bits per heavy atom. The normalized spacial score (nSPS) is 13.4. The van der Waals surface area contributed by atoms with Crippen molar-refractivity contribution in [3.8, 4) is 0 Å². The van der Waals surface area contributed by atoms with Gasteiger partial charge in [-0.1, -0.05) is 0 Å². The molecule has 2 N–H and O–H groups in total. The molecule has 21 heavy (non-hydrogen) atoms. The summed E-state index contributed by atoms with van der Waals surface area (Å²) in [5.74, 6) is -0.0355. The molecule has 1 aliphatic rings. The third-order valence-corrected chi connectivity index (χ3v) is 4.08. The van der Waals surface area contributed by atoms with Crippen molar-refractivity contribution < 1.29 is 4.79 Å². The predicted octanol–water partition coefficient (Wildman–Crippen LogP) is 2.02. The summed E-state index contributed by atoms with van der Waals surface area (Å²) in [5, 5.41) is 10.5. The van der Waals surface area contributed by atoms with E-state index in [9.17, 15) is 4.79 Å². The first kappa shape index (κ1) is 13.7. The molecule has 0 atom stereocenters. The smallest absolute Gasteiger partial charge is 0.251 e. The average Bonchev–Trinajstić information content (AvgIpc) is 2.84. The lowest BCUT2D eigenvalue weighted by Crippen LogP contribution is -2.23. The van der Waals surface area contributed by atoms with E-state index >= 15 is 0 Å². The van der Waals surface area contributed by atoms with E-state index in [1.165, 1.54) is 5.56 Å². The first-order chi connectivity index (χ1) is 10.1. The number of nitrogens with one attached hydrogen (secondary N) is 2. The van der Waals surface area contributed by atoms with Crippen LogP contribution in [0.25, 0.3) is 0 Å². The van der Waals surface area contributed by atoms with E-state index < -0.39 is 0 Å². The zero-order valence-corrected chi connectivity index (χ0v) is 12.4. The van der Waals surface area contributed by atoms with Gasteiger partial charge in [0.1, 0.15) is 0 Å². The molecule has 0 spiro atoms. The van der Waals surface area contributed by atoms with E-state index in [1.807, 2.05) is 36.9 Å². The van der Waals surface area contributed by atoms with Crippen LogP contribution < -0.4 is 10.6 Å². The molecule has 5 heteroatoms. The van der Waals surface area contributed by atoms with Crippen molar-refractivity contribution in [3.63, 3.8) is 0 Å². The second-order valence-corrected chi connectivity index (χ2v) is 5.46. The number of anilines is 1. The minimum Gasteiger partial charge on any atom is -0.385 e. The van der Waals surface area contributed by atoms with Gasteiger partial charge in [-0.05, 0) is 43.5 Å². The molecule has 5 nitrogen and oxygen atoms in total. The maximum Gasteiger partial charge on any atom is 0.251 e. The summed E-state index contributed by atoms with van der Waals surface area (Å²) in [5.41, 5.74) is 5.22. The molecule has 0 fully saturated rings. The second kappa shape index (κ2) is 5.60. The van der Waals surface area contributed by atoms with E-state index in [0.29, 0.717) is 6.54 Å². The highest BCUT2D eigenvalue weighted by atomic mass is 16.1. The topological polar surface area (TPSA) is 59.0 Å². The van der Waals surface area contributed by atoms with Crippen LogP contribution in [-0.4, -0.2) is 22.2 Å². The second-order valence-electron chi connectivity index (χ2n) is 5.46. The molecule has 0 aliphatic carbocycles. The van der Waals surface area contributed by atoms with E-state index in [0.717, 1.165) is 41.9 Å². The van der Waals surface area contributed by atoms with Gasteiger partial charge in [0.15, 0.2) is 0 Å². The number of carbonyl (C=O) groups is 1. The molecule has 1 amide bonds. The van der Waals surface area contributed by atoms with Crippen LogP contribution in [0.1, 0.15) is 33.6 Å². The van der Waals surface area contributed by atoms with Crippen molar-refractivity contribution in [2.45, 2.75) is 26.3 Å². The number of carbonyl (C=O) groups excluding carboxylic acids is 1. The van der Waals surface area contributed by atoms with Gasteiger partial charge in [0, 0.05) is 42.6 Å². The lowest BCUT2D eigenvalue weighted by molar-refractivity contribution is 0.0951. The molecule has 0 saturated carbocycles. The average molecular weight is 284 g/mol. The largest absolute Gasteiger partial charge is 0.385 e. The molecule has 0 radical (unpaired) electrons. The molecule has 2 aromatic rings. The SMILES string of the molecule is Cc1c(CNC(=O)c2ccc3c(c2)CCCN3)cnn1C. The fourth-order valence-corrected chi connectivity index (χ4v) is 2.61. The highest BCUT2D eigenvalue weighted by Gasteiger charge is 2.13. The van der Waals surface area contributed by atoms with E-state index in [1.54, 1.807) is 6.20 Å². The van der Waals surface area contributed by atoms with E-state index in [2.05, 4.69) is 15.7 Å². The maximum absolute atomic E-state index is 12.3. The number of rotatable bonds is 3. The fraction of sp³-hybridized carbons (Fsp3) is 0.375. The summed E-state index contributed by atoms with van der Waals surface area (Å²) in [7, 11) is 1.90. The van der Waals surface area contributed by atoms with Crippen LogP contribution in [-0.2, 0) is 20.0 Å². The Balaban J connectivity index is 1.69. The zero-order valence-electron chi connectivity index (χ0n) is 12.4. The number of benzene rings is 1. The van der Waals surface area contributed by atoms with E-state index in [-0.39, 0.29) is 5.91 Å². The lowest BCUT2D eigenvalue weighted by atomic mass is 10.0. The number of fused-ring (bicyclic) bond motifs is 1. The standard InChI is InChI=1S/C16H20N4O/c1-11-14(10-19-20(11)2)9-18-16(21)13-5-6-15-12(8-13)4-3-7-17-15/h5-6,8,10,17H,3-4,7,9H2,1-2H3,(H,18,21). The number of hydrogen-bond acceptors (Lipinski definition) is 3. The highest BCUT2D eigenvalue weighted by Crippen LogP contribution is 2.22. The lowest BCUT2D eigenvalue weighted by Gasteiger charge is -2.18. The molecule has 2 heterocycles. The first-order valence-corrected chi connectivity index (χ1v) is 7.27. The molecule has 0 unspecified atom stereocenters. The van der Waals surface area contributed by atoms with Gasteiger partial charge in [0.2, 0.25) is 0 Å². The van der Waals surface area contributed by atoms with Crippen LogP contribution >= 0.6 is 0 Å². The molecule has 0 bridgehead atoms. The summed E-state index contributed by atoms with van der Waals surface area (Å²) in [6.45, 7) is 3.52. The number of aromatic nitrogens is 2. The van der Waals surface area contributed by atoms with E-state index in [4.69, 9.17) is 0 Å². The minimum absolute atomic E-state index is 0.0355. The number of hydrogen-bond donors (Lipinski definition) is 2. The van der Waals surface area contributed by atoms with Gasteiger partial charge in [0.05, 0.1) is 6.20 Å². The maximum atomic E-state index is 12.3. The zero-order chi connectivity index (χ0) is 14.8. The number of amides is 1.